The number of allylic oxidation sites excluding steroid dienone is 5. The van der Waals surface area contributed by atoms with Gasteiger partial charge in [-0.2, -0.15) is 0 Å². The van der Waals surface area contributed by atoms with Gasteiger partial charge in [-0.15, -0.1) is 0 Å². The molecule has 0 spiro atoms. The van der Waals surface area contributed by atoms with Crippen LogP contribution >= 0.6 is 0 Å². The average molecular weight is 482 g/mol. The van der Waals surface area contributed by atoms with Crippen LogP contribution in [0.15, 0.2) is 66.6 Å². The van der Waals surface area contributed by atoms with E-state index in [9.17, 15) is 9.59 Å². The number of hydrogen-bond donors (Lipinski definition) is 3. The molecule has 2 rings (SSSR count). The number of carbonyl (C=O) groups excluding carboxylic acids is 2. The van der Waals surface area contributed by atoms with Gasteiger partial charge in [0.2, 0.25) is 12.8 Å². The Morgan fingerprint density at radius 1 is 1.17 bits per heavy atom. The third-order valence-corrected chi connectivity index (χ3v) is 6.21. The fourth-order valence-corrected chi connectivity index (χ4v) is 4.09. The number of carbonyl (C=O) groups is 2. The molecule has 4 unspecified atom stereocenters. The van der Waals surface area contributed by atoms with Crippen LogP contribution in [0.25, 0.3) is 0 Å². The molecule has 1 aliphatic rings. The molecule has 0 fully saturated rings. The summed E-state index contributed by atoms with van der Waals surface area (Å²) in [4.78, 5) is 21.6. The number of hydrogen-bond acceptors (Lipinski definition) is 5. The molecule has 4 atom stereocenters. The average Bonchev–Trinajstić information content (AvgIpc) is 3.11. The number of fused-ring (bicyclic) bond motifs is 1. The van der Waals surface area contributed by atoms with E-state index in [0.717, 1.165) is 23.6 Å². The molecule has 1 aromatic rings. The molecule has 7 nitrogen and oxygen atoms in total. The van der Waals surface area contributed by atoms with Gasteiger partial charge in [0.15, 0.2) is 6.29 Å². The Kier molecular flexibility index (Phi) is 12.0. The van der Waals surface area contributed by atoms with E-state index < -0.39 is 0 Å². The summed E-state index contributed by atoms with van der Waals surface area (Å²) in [7, 11) is 0. The number of nitrogens with one attached hydrogen (secondary N) is 3. The van der Waals surface area contributed by atoms with Crippen LogP contribution in [0.4, 0.5) is 0 Å². The lowest BCUT2D eigenvalue weighted by atomic mass is 9.97. The first-order chi connectivity index (χ1) is 16.9. The molecule has 35 heavy (non-hydrogen) atoms. The van der Waals surface area contributed by atoms with Crippen molar-refractivity contribution >= 4 is 12.8 Å². The first kappa shape index (κ1) is 28.1. The van der Waals surface area contributed by atoms with Crippen LogP contribution < -0.4 is 20.7 Å². The zero-order valence-corrected chi connectivity index (χ0v) is 21.3. The third-order valence-electron chi connectivity index (χ3n) is 6.21. The van der Waals surface area contributed by atoms with Gasteiger partial charge in [0.05, 0.1) is 6.61 Å². The van der Waals surface area contributed by atoms with Gasteiger partial charge < -0.3 is 25.4 Å². The van der Waals surface area contributed by atoms with Gasteiger partial charge in [0, 0.05) is 30.4 Å². The highest BCUT2D eigenvalue weighted by molar-refractivity contribution is 5.51. The van der Waals surface area contributed by atoms with Gasteiger partial charge in [-0.1, -0.05) is 44.7 Å². The SMILES string of the molecule is C=C/C=C(\C/C=C\C=C(\NC=O)C(C)NCCOC(C)Oc1ccc2c(c1)CC(C)C2C)NC=O. The van der Waals surface area contributed by atoms with E-state index in [4.69, 9.17) is 9.47 Å². The van der Waals surface area contributed by atoms with Gasteiger partial charge in [0.1, 0.15) is 5.75 Å². The molecule has 190 valence electrons. The predicted octanol–water partition coefficient (Wildman–Crippen LogP) is 4.09. The molecular weight excluding hydrogens is 442 g/mol. The second-order valence-corrected chi connectivity index (χ2v) is 8.77. The molecule has 1 aliphatic carbocycles. The minimum absolute atomic E-state index is 0.0957. The van der Waals surface area contributed by atoms with Crippen LogP contribution in [-0.4, -0.2) is 38.3 Å². The Morgan fingerprint density at radius 2 is 1.94 bits per heavy atom. The highest BCUT2D eigenvalue weighted by Crippen LogP contribution is 2.38. The minimum atomic E-state index is -0.370. The van der Waals surface area contributed by atoms with Crippen molar-refractivity contribution in [2.24, 2.45) is 5.92 Å². The van der Waals surface area contributed by atoms with E-state index in [2.05, 4.69) is 48.5 Å². The number of ether oxygens (including phenoxy) is 2. The van der Waals surface area contributed by atoms with Crippen molar-refractivity contribution in [2.45, 2.75) is 58.8 Å². The fraction of sp³-hybridized carbons (Fsp3) is 0.429. The molecular formula is C28H39N3O4. The molecule has 0 bridgehead atoms. The molecule has 7 heteroatoms. The second kappa shape index (κ2) is 15.0. The number of amides is 2. The van der Waals surface area contributed by atoms with Crippen molar-refractivity contribution in [3.05, 3.63) is 77.7 Å². The highest BCUT2D eigenvalue weighted by Gasteiger charge is 2.26. The van der Waals surface area contributed by atoms with E-state index in [1.165, 1.54) is 11.1 Å². The van der Waals surface area contributed by atoms with Crippen LogP contribution in [0.2, 0.25) is 0 Å². The molecule has 2 amide bonds. The smallest absolute Gasteiger partial charge is 0.211 e. The molecule has 3 N–H and O–H groups in total. The monoisotopic (exact) mass is 481 g/mol. The van der Waals surface area contributed by atoms with Crippen molar-refractivity contribution in [1.82, 2.24) is 16.0 Å². The summed E-state index contributed by atoms with van der Waals surface area (Å²) in [6, 6.07) is 6.23. The van der Waals surface area contributed by atoms with Crippen LogP contribution in [0, 0.1) is 5.92 Å². The maximum absolute atomic E-state index is 11.0. The van der Waals surface area contributed by atoms with Gasteiger partial charge in [0.25, 0.3) is 0 Å². The number of rotatable bonds is 16. The molecule has 0 saturated heterocycles. The van der Waals surface area contributed by atoms with Crippen molar-refractivity contribution in [3.8, 4) is 5.75 Å². The lowest BCUT2D eigenvalue weighted by molar-refractivity contribution is -0.109. The summed E-state index contributed by atoms with van der Waals surface area (Å²) < 4.78 is 11.8. The van der Waals surface area contributed by atoms with Gasteiger partial charge >= 0.3 is 0 Å². The molecule has 0 heterocycles. The Morgan fingerprint density at radius 3 is 2.66 bits per heavy atom. The maximum atomic E-state index is 11.0. The van der Waals surface area contributed by atoms with Crippen LogP contribution in [0.1, 0.15) is 51.2 Å². The summed E-state index contributed by atoms with van der Waals surface area (Å²) in [6.45, 7) is 13.1. The lowest BCUT2D eigenvalue weighted by Gasteiger charge is -2.19. The summed E-state index contributed by atoms with van der Waals surface area (Å²) in [5.74, 6) is 2.09. The summed E-state index contributed by atoms with van der Waals surface area (Å²) >= 11 is 0. The maximum Gasteiger partial charge on any atom is 0.211 e. The molecule has 0 saturated carbocycles. The highest BCUT2D eigenvalue weighted by atomic mass is 16.7. The topological polar surface area (TPSA) is 88.7 Å². The molecule has 0 aliphatic heterocycles. The van der Waals surface area contributed by atoms with Gasteiger partial charge in [-0.05, 0) is 67.5 Å². The van der Waals surface area contributed by atoms with Crippen molar-refractivity contribution in [3.63, 3.8) is 0 Å². The summed E-state index contributed by atoms with van der Waals surface area (Å²) in [5.41, 5.74) is 4.24. The normalized spacial score (nSPS) is 19.7. The van der Waals surface area contributed by atoms with Crippen molar-refractivity contribution < 1.29 is 19.1 Å². The molecule has 0 radical (unpaired) electrons. The Bertz CT molecular complexity index is 938. The van der Waals surface area contributed by atoms with Gasteiger partial charge in [-0.3, -0.25) is 9.59 Å². The molecule has 1 aromatic carbocycles. The quantitative estimate of drug-likeness (QED) is 0.143. The fourth-order valence-electron chi connectivity index (χ4n) is 4.09. The lowest BCUT2D eigenvalue weighted by Crippen LogP contribution is -2.36. The predicted molar refractivity (Wildman–Crippen MR) is 140 cm³/mol. The van der Waals surface area contributed by atoms with Crippen LogP contribution in [-0.2, 0) is 20.7 Å². The standard InChI is InChI=1S/C28H39N3O4/c1-6-9-25(30-18-32)10-7-8-11-28(31-19-33)22(4)29-14-15-34-23(5)35-26-12-13-27-21(3)20(2)16-24(27)17-26/h6-9,11-13,17-23,29H,1,10,14-16H2,2-5H3,(H,30,32)(H,31,33)/b8-7-,25-9+,28-11+. The Hall–Kier alpha value is -3.16. The van der Waals surface area contributed by atoms with E-state index >= 15 is 0 Å². The first-order valence-corrected chi connectivity index (χ1v) is 12.1. The van der Waals surface area contributed by atoms with E-state index in [1.807, 2.05) is 38.1 Å². The second-order valence-electron chi connectivity index (χ2n) is 8.77. The number of benzene rings is 1. The third kappa shape index (κ3) is 9.19. The molecule has 0 aromatic heterocycles. The zero-order valence-electron chi connectivity index (χ0n) is 21.3. The van der Waals surface area contributed by atoms with E-state index in [1.54, 1.807) is 12.2 Å². The Balaban J connectivity index is 1.77. The largest absolute Gasteiger partial charge is 0.465 e. The van der Waals surface area contributed by atoms with E-state index in [0.29, 0.717) is 44.2 Å². The van der Waals surface area contributed by atoms with Crippen LogP contribution in [0.3, 0.4) is 0 Å². The van der Waals surface area contributed by atoms with Crippen molar-refractivity contribution in [1.29, 1.82) is 0 Å². The first-order valence-electron chi connectivity index (χ1n) is 12.1. The summed E-state index contributed by atoms with van der Waals surface area (Å²) in [6.07, 6.45) is 11.4. The van der Waals surface area contributed by atoms with Gasteiger partial charge in [-0.25, -0.2) is 0 Å². The minimum Gasteiger partial charge on any atom is -0.465 e. The summed E-state index contributed by atoms with van der Waals surface area (Å²) in [5, 5.41) is 8.68. The van der Waals surface area contributed by atoms with E-state index in [-0.39, 0.29) is 12.3 Å². The van der Waals surface area contributed by atoms with Crippen LogP contribution in [0.5, 0.6) is 5.75 Å². The zero-order chi connectivity index (χ0) is 25.6. The Labute approximate surface area is 209 Å². The van der Waals surface area contributed by atoms with Crippen molar-refractivity contribution in [2.75, 3.05) is 13.2 Å².